The van der Waals surface area contributed by atoms with E-state index in [2.05, 4.69) is 5.43 Å². The smallest absolute Gasteiger partial charge is 0.288 e. The minimum atomic E-state index is -4.47. The van der Waals surface area contributed by atoms with Crippen molar-refractivity contribution in [2.75, 3.05) is 6.54 Å². The Morgan fingerprint density at radius 3 is 2.48 bits per heavy atom. The SMILES string of the molecule is CC1(C)CN([C@@H](Cc2ccccc2Cl)C(F)(F)F)NC1=O. The molecule has 0 aliphatic carbocycles. The minimum Gasteiger partial charge on any atom is -0.288 e. The number of alkyl halides is 3. The number of hydrogen-bond acceptors (Lipinski definition) is 2. The molecule has 0 spiro atoms. The third-order valence-electron chi connectivity index (χ3n) is 3.55. The van der Waals surface area contributed by atoms with E-state index in [0.29, 0.717) is 5.56 Å². The Morgan fingerprint density at radius 2 is 2.00 bits per heavy atom. The van der Waals surface area contributed by atoms with Crippen LogP contribution in [0.2, 0.25) is 5.02 Å². The summed E-state index contributed by atoms with van der Waals surface area (Å²) in [5, 5.41) is 1.25. The highest BCUT2D eigenvalue weighted by Gasteiger charge is 2.50. The summed E-state index contributed by atoms with van der Waals surface area (Å²) in [5.74, 6) is -0.407. The molecule has 2 rings (SSSR count). The van der Waals surface area contributed by atoms with Gasteiger partial charge in [0.2, 0.25) is 5.91 Å². The summed E-state index contributed by atoms with van der Waals surface area (Å²) >= 11 is 5.94. The van der Waals surface area contributed by atoms with E-state index in [1.165, 1.54) is 0 Å². The highest BCUT2D eigenvalue weighted by Crippen LogP contribution is 2.33. The maximum absolute atomic E-state index is 13.3. The fourth-order valence-electron chi connectivity index (χ4n) is 2.28. The zero-order valence-corrected chi connectivity index (χ0v) is 12.4. The number of hydrogen-bond donors (Lipinski definition) is 1. The van der Waals surface area contributed by atoms with E-state index < -0.39 is 23.5 Å². The van der Waals surface area contributed by atoms with E-state index in [0.717, 1.165) is 5.01 Å². The van der Waals surface area contributed by atoms with Gasteiger partial charge in [0.25, 0.3) is 0 Å². The van der Waals surface area contributed by atoms with Crippen LogP contribution >= 0.6 is 11.6 Å². The van der Waals surface area contributed by atoms with Crippen LogP contribution in [0.1, 0.15) is 19.4 Å². The van der Waals surface area contributed by atoms with Crippen molar-refractivity contribution < 1.29 is 18.0 Å². The highest BCUT2D eigenvalue weighted by atomic mass is 35.5. The van der Waals surface area contributed by atoms with Crippen molar-refractivity contribution in [2.24, 2.45) is 5.41 Å². The van der Waals surface area contributed by atoms with E-state index in [4.69, 9.17) is 11.6 Å². The second-order valence-electron chi connectivity index (χ2n) is 5.81. The van der Waals surface area contributed by atoms with Crippen molar-refractivity contribution >= 4 is 17.5 Å². The van der Waals surface area contributed by atoms with E-state index >= 15 is 0 Å². The predicted molar refractivity (Wildman–Crippen MR) is 73.6 cm³/mol. The van der Waals surface area contributed by atoms with Gasteiger partial charge >= 0.3 is 6.18 Å². The normalized spacial score (nSPS) is 20.4. The van der Waals surface area contributed by atoms with E-state index in [-0.39, 0.29) is 18.0 Å². The van der Waals surface area contributed by atoms with Gasteiger partial charge in [0, 0.05) is 18.0 Å². The Balaban J connectivity index is 2.25. The topological polar surface area (TPSA) is 32.3 Å². The van der Waals surface area contributed by atoms with Gasteiger partial charge in [-0.05, 0) is 25.5 Å². The molecule has 1 amide bonds. The van der Waals surface area contributed by atoms with Crippen molar-refractivity contribution in [1.82, 2.24) is 10.4 Å². The van der Waals surface area contributed by atoms with Crippen LogP contribution in [0.5, 0.6) is 0 Å². The zero-order chi connectivity index (χ0) is 15.8. The Labute approximate surface area is 126 Å². The molecule has 0 radical (unpaired) electrons. The van der Waals surface area contributed by atoms with Crippen molar-refractivity contribution in [3.8, 4) is 0 Å². The quantitative estimate of drug-likeness (QED) is 0.927. The molecule has 1 heterocycles. The van der Waals surface area contributed by atoms with Gasteiger partial charge in [-0.15, -0.1) is 0 Å². The average Bonchev–Trinajstić information content (AvgIpc) is 2.61. The fraction of sp³-hybridized carbons (Fsp3) is 0.500. The van der Waals surface area contributed by atoms with Gasteiger partial charge in [0.15, 0.2) is 0 Å². The minimum absolute atomic E-state index is 0.000459. The number of amides is 1. The summed E-state index contributed by atoms with van der Waals surface area (Å²) in [6.45, 7) is 3.23. The lowest BCUT2D eigenvalue weighted by Crippen LogP contribution is -2.51. The van der Waals surface area contributed by atoms with Crippen molar-refractivity contribution in [3.05, 3.63) is 34.9 Å². The van der Waals surface area contributed by atoms with E-state index in [1.54, 1.807) is 38.1 Å². The van der Waals surface area contributed by atoms with Crippen LogP contribution in [0.3, 0.4) is 0 Å². The summed E-state index contributed by atoms with van der Waals surface area (Å²) in [6.07, 6.45) is -4.77. The monoisotopic (exact) mass is 320 g/mol. The number of halogens is 4. The Morgan fingerprint density at radius 1 is 1.38 bits per heavy atom. The highest BCUT2D eigenvalue weighted by molar-refractivity contribution is 6.31. The molecule has 0 saturated carbocycles. The third-order valence-corrected chi connectivity index (χ3v) is 3.92. The molecule has 1 fully saturated rings. The lowest BCUT2D eigenvalue weighted by Gasteiger charge is -2.29. The Kier molecular flexibility index (Phi) is 4.22. The predicted octanol–water partition coefficient (Wildman–Crippen LogP) is 3.19. The maximum atomic E-state index is 13.3. The standard InChI is InChI=1S/C14H16ClF3N2O/c1-13(2)8-20(19-12(13)21)11(14(16,17)18)7-9-5-3-4-6-10(9)15/h3-6,11H,7-8H2,1-2H3,(H,19,21)/t11-/m0/s1. The van der Waals surface area contributed by atoms with Crippen molar-refractivity contribution in [3.63, 3.8) is 0 Å². The Hall–Kier alpha value is -1.27. The van der Waals surface area contributed by atoms with Crippen molar-refractivity contribution in [2.45, 2.75) is 32.5 Å². The molecule has 7 heteroatoms. The van der Waals surface area contributed by atoms with Gasteiger partial charge in [-0.25, -0.2) is 5.01 Å². The second-order valence-corrected chi connectivity index (χ2v) is 6.21. The molecular weight excluding hydrogens is 305 g/mol. The molecule has 1 aromatic carbocycles. The molecule has 0 bridgehead atoms. The largest absolute Gasteiger partial charge is 0.406 e. The molecule has 21 heavy (non-hydrogen) atoms. The summed E-state index contributed by atoms with van der Waals surface area (Å²) in [4.78, 5) is 11.7. The first-order valence-electron chi connectivity index (χ1n) is 6.49. The zero-order valence-electron chi connectivity index (χ0n) is 11.7. The summed E-state index contributed by atoms with van der Waals surface area (Å²) in [7, 11) is 0. The maximum Gasteiger partial charge on any atom is 0.406 e. The van der Waals surface area contributed by atoms with E-state index in [9.17, 15) is 18.0 Å². The van der Waals surface area contributed by atoms with Crippen LogP contribution in [0.25, 0.3) is 0 Å². The van der Waals surface area contributed by atoms with Gasteiger partial charge in [0.1, 0.15) is 6.04 Å². The number of nitrogens with zero attached hydrogens (tertiary/aromatic N) is 1. The number of nitrogens with one attached hydrogen (secondary N) is 1. The summed E-state index contributed by atoms with van der Waals surface area (Å²) in [6, 6.07) is 4.61. The molecule has 0 aromatic heterocycles. The lowest BCUT2D eigenvalue weighted by atomic mass is 9.94. The van der Waals surface area contributed by atoms with Crippen LogP contribution < -0.4 is 5.43 Å². The second kappa shape index (κ2) is 5.50. The van der Waals surface area contributed by atoms with Crippen LogP contribution in [-0.4, -0.2) is 29.7 Å². The molecule has 3 nitrogen and oxygen atoms in total. The number of benzene rings is 1. The van der Waals surface area contributed by atoms with Crippen LogP contribution in [0.15, 0.2) is 24.3 Å². The molecule has 1 N–H and O–H groups in total. The summed E-state index contributed by atoms with van der Waals surface area (Å²) < 4.78 is 40.0. The Bertz CT molecular complexity index is 545. The molecule has 0 unspecified atom stereocenters. The average molecular weight is 321 g/mol. The van der Waals surface area contributed by atoms with Crippen LogP contribution in [0, 0.1) is 5.41 Å². The molecular formula is C14H16ClF3N2O. The number of carbonyl (C=O) groups is 1. The van der Waals surface area contributed by atoms with Crippen LogP contribution in [-0.2, 0) is 11.2 Å². The van der Waals surface area contributed by atoms with Gasteiger partial charge < -0.3 is 0 Å². The van der Waals surface area contributed by atoms with Gasteiger partial charge in [-0.1, -0.05) is 29.8 Å². The first kappa shape index (κ1) is 16.1. The van der Waals surface area contributed by atoms with Crippen molar-refractivity contribution in [1.29, 1.82) is 0 Å². The van der Waals surface area contributed by atoms with Gasteiger partial charge in [-0.3, -0.25) is 10.2 Å². The fourth-order valence-corrected chi connectivity index (χ4v) is 2.49. The number of hydrazine groups is 1. The summed E-state index contributed by atoms with van der Waals surface area (Å²) in [5.41, 5.74) is 1.88. The number of rotatable bonds is 3. The molecule has 1 aromatic rings. The molecule has 1 aliphatic rings. The van der Waals surface area contributed by atoms with Crippen LogP contribution in [0.4, 0.5) is 13.2 Å². The number of carbonyl (C=O) groups excluding carboxylic acids is 1. The molecule has 1 aliphatic heterocycles. The van der Waals surface area contributed by atoms with Gasteiger partial charge in [-0.2, -0.15) is 13.2 Å². The van der Waals surface area contributed by atoms with Gasteiger partial charge in [0.05, 0.1) is 5.41 Å². The molecule has 1 saturated heterocycles. The third kappa shape index (κ3) is 3.49. The van der Waals surface area contributed by atoms with E-state index in [1.807, 2.05) is 0 Å². The molecule has 116 valence electrons. The lowest BCUT2D eigenvalue weighted by molar-refractivity contribution is -0.188. The molecule has 1 atom stereocenters. The first-order valence-corrected chi connectivity index (χ1v) is 6.87. The first-order chi connectivity index (χ1) is 9.61.